The summed E-state index contributed by atoms with van der Waals surface area (Å²) in [6, 6.07) is 13.4. The normalized spacial score (nSPS) is 14.9. The average Bonchev–Trinajstić information content (AvgIpc) is 3.48. The van der Waals surface area contributed by atoms with E-state index in [-0.39, 0.29) is 19.3 Å². The second-order valence-corrected chi connectivity index (χ2v) is 8.39. The van der Waals surface area contributed by atoms with Gasteiger partial charge in [-0.25, -0.2) is 9.78 Å². The Bertz CT molecular complexity index is 1300. The zero-order valence-corrected chi connectivity index (χ0v) is 19.1. The molecule has 0 saturated carbocycles. The van der Waals surface area contributed by atoms with Crippen LogP contribution in [0.15, 0.2) is 42.5 Å². The fourth-order valence-electron chi connectivity index (χ4n) is 4.38. The summed E-state index contributed by atoms with van der Waals surface area (Å²) in [4.78, 5) is 30.1. The van der Waals surface area contributed by atoms with Crippen LogP contribution in [0.2, 0.25) is 0 Å². The van der Waals surface area contributed by atoms with Gasteiger partial charge in [0.05, 0.1) is 16.8 Å². The van der Waals surface area contributed by atoms with E-state index in [4.69, 9.17) is 19.2 Å². The molecule has 5 rings (SSSR count). The van der Waals surface area contributed by atoms with Crippen LogP contribution in [-0.4, -0.2) is 36.8 Å². The minimum atomic E-state index is -0.496. The van der Waals surface area contributed by atoms with Crippen molar-refractivity contribution in [3.8, 4) is 11.5 Å². The Morgan fingerprint density at radius 1 is 1.12 bits per heavy atom. The molecule has 0 saturated heterocycles. The van der Waals surface area contributed by atoms with Gasteiger partial charge in [-0.1, -0.05) is 37.6 Å². The molecule has 1 aromatic heterocycles. The van der Waals surface area contributed by atoms with Crippen molar-refractivity contribution in [2.24, 2.45) is 0 Å². The van der Waals surface area contributed by atoms with E-state index in [2.05, 4.69) is 18.3 Å². The van der Waals surface area contributed by atoms with Gasteiger partial charge in [-0.3, -0.25) is 4.79 Å². The molecule has 0 spiro atoms. The molecule has 1 aliphatic heterocycles. The quantitative estimate of drug-likeness (QED) is 0.414. The first-order valence-corrected chi connectivity index (χ1v) is 11.6. The van der Waals surface area contributed by atoms with E-state index < -0.39 is 5.97 Å². The zero-order chi connectivity index (χ0) is 23.5. The molecular formula is C27H26N2O5. The number of benzene rings is 2. The number of unbranched alkanes of at least 4 members (excludes halogenated alkanes) is 1. The van der Waals surface area contributed by atoms with E-state index in [0.29, 0.717) is 18.5 Å². The number of nitrogens with zero attached hydrogens (tertiary/aromatic N) is 1. The Kier molecular flexibility index (Phi) is 6.16. The number of esters is 1. The molecule has 1 aliphatic carbocycles. The molecule has 174 valence electrons. The standard InChI is InChI=1S/C27H26N2O5/c1-2-3-12-28-24(30)15-32-27(31)25-19-6-4-5-7-21(19)29-26-18(9-10-20(25)26)13-17-8-11-22-23(14-17)34-16-33-22/h4-8,11,13-14H,2-3,9-10,12,15-16H2,1H3,(H,28,30)/b18-13+. The summed E-state index contributed by atoms with van der Waals surface area (Å²) in [7, 11) is 0. The highest BCUT2D eigenvalue weighted by Gasteiger charge is 2.28. The maximum Gasteiger partial charge on any atom is 0.339 e. The number of nitrogens with one attached hydrogen (secondary N) is 1. The molecule has 34 heavy (non-hydrogen) atoms. The number of carbonyl (C=O) groups is 2. The van der Waals surface area contributed by atoms with Crippen LogP contribution in [0.5, 0.6) is 11.5 Å². The summed E-state index contributed by atoms with van der Waals surface area (Å²) in [5.41, 5.74) is 4.91. The Balaban J connectivity index is 1.46. The van der Waals surface area contributed by atoms with Crippen LogP contribution in [0.25, 0.3) is 22.6 Å². The molecule has 2 aliphatic rings. The van der Waals surface area contributed by atoms with Crippen molar-refractivity contribution in [2.75, 3.05) is 19.9 Å². The van der Waals surface area contributed by atoms with Crippen LogP contribution in [0.4, 0.5) is 0 Å². The van der Waals surface area contributed by atoms with E-state index in [9.17, 15) is 9.59 Å². The second kappa shape index (κ2) is 9.55. The molecule has 2 heterocycles. The van der Waals surface area contributed by atoms with Crippen molar-refractivity contribution < 1.29 is 23.8 Å². The van der Waals surface area contributed by atoms with Crippen molar-refractivity contribution in [1.29, 1.82) is 0 Å². The van der Waals surface area contributed by atoms with E-state index in [1.165, 1.54) is 0 Å². The van der Waals surface area contributed by atoms with E-state index in [1.807, 2.05) is 42.5 Å². The lowest BCUT2D eigenvalue weighted by atomic mass is 10.0. The van der Waals surface area contributed by atoms with Gasteiger partial charge in [-0.2, -0.15) is 0 Å². The molecule has 0 unspecified atom stereocenters. The zero-order valence-electron chi connectivity index (χ0n) is 19.1. The topological polar surface area (TPSA) is 86.8 Å². The van der Waals surface area contributed by atoms with Crippen molar-refractivity contribution in [2.45, 2.75) is 32.6 Å². The lowest BCUT2D eigenvalue weighted by Gasteiger charge is -2.12. The molecule has 3 aromatic rings. The molecular weight excluding hydrogens is 432 g/mol. The maximum absolute atomic E-state index is 13.2. The van der Waals surface area contributed by atoms with E-state index in [1.54, 1.807) is 0 Å². The smallest absolute Gasteiger partial charge is 0.339 e. The van der Waals surface area contributed by atoms with E-state index in [0.717, 1.165) is 64.1 Å². The number of carbonyl (C=O) groups excluding carboxylic acids is 2. The van der Waals surface area contributed by atoms with Crippen molar-refractivity contribution in [3.05, 3.63) is 64.8 Å². The molecule has 1 N–H and O–H groups in total. The van der Waals surface area contributed by atoms with Crippen LogP contribution in [-0.2, 0) is 16.0 Å². The summed E-state index contributed by atoms with van der Waals surface area (Å²) in [5, 5.41) is 3.51. The van der Waals surface area contributed by atoms with Gasteiger partial charge in [-0.15, -0.1) is 0 Å². The number of rotatable bonds is 7. The van der Waals surface area contributed by atoms with Crippen LogP contribution >= 0.6 is 0 Å². The fourth-order valence-corrected chi connectivity index (χ4v) is 4.38. The first kappa shape index (κ1) is 21.9. The minimum Gasteiger partial charge on any atom is -0.454 e. The third-order valence-corrected chi connectivity index (χ3v) is 6.07. The number of allylic oxidation sites excluding steroid dienone is 1. The van der Waals surface area contributed by atoms with Crippen LogP contribution in [0.3, 0.4) is 0 Å². The molecule has 2 aromatic carbocycles. The number of aromatic nitrogens is 1. The molecule has 0 bridgehead atoms. The summed E-state index contributed by atoms with van der Waals surface area (Å²) >= 11 is 0. The molecule has 0 atom stereocenters. The Hall–Kier alpha value is -3.87. The summed E-state index contributed by atoms with van der Waals surface area (Å²) in [6.07, 6.45) is 5.38. The highest BCUT2D eigenvalue weighted by atomic mass is 16.7. The van der Waals surface area contributed by atoms with E-state index >= 15 is 0 Å². The van der Waals surface area contributed by atoms with Crippen molar-refractivity contribution >= 4 is 34.4 Å². The van der Waals surface area contributed by atoms with Crippen LogP contribution < -0.4 is 14.8 Å². The van der Waals surface area contributed by atoms with Crippen molar-refractivity contribution in [1.82, 2.24) is 10.3 Å². The highest BCUT2D eigenvalue weighted by Crippen LogP contribution is 2.39. The third kappa shape index (κ3) is 4.33. The number of para-hydroxylation sites is 1. The number of pyridine rings is 1. The van der Waals surface area contributed by atoms with Gasteiger partial charge in [0.25, 0.3) is 5.91 Å². The lowest BCUT2D eigenvalue weighted by Crippen LogP contribution is -2.29. The highest BCUT2D eigenvalue weighted by molar-refractivity contribution is 6.07. The molecule has 0 fully saturated rings. The Morgan fingerprint density at radius 2 is 1.97 bits per heavy atom. The SMILES string of the molecule is CCCCNC(=O)COC(=O)c1c2c(nc3ccccc13)/C(=C/c1ccc3c(c1)OCO3)CC2. The minimum absolute atomic E-state index is 0.230. The van der Waals surface area contributed by atoms with Gasteiger partial charge in [0.15, 0.2) is 18.1 Å². The second-order valence-electron chi connectivity index (χ2n) is 8.39. The van der Waals surface area contributed by atoms with Gasteiger partial charge in [0.1, 0.15) is 0 Å². The monoisotopic (exact) mass is 458 g/mol. The fraction of sp³-hybridized carbons (Fsp3) is 0.296. The number of hydrogen-bond donors (Lipinski definition) is 1. The van der Waals surface area contributed by atoms with Gasteiger partial charge < -0.3 is 19.5 Å². The summed E-state index contributed by atoms with van der Waals surface area (Å²) < 4.78 is 16.3. The Morgan fingerprint density at radius 3 is 2.85 bits per heavy atom. The maximum atomic E-state index is 13.2. The van der Waals surface area contributed by atoms with Gasteiger partial charge in [-0.05, 0) is 60.2 Å². The van der Waals surface area contributed by atoms with Crippen molar-refractivity contribution in [3.63, 3.8) is 0 Å². The van der Waals surface area contributed by atoms with Gasteiger partial charge in [0, 0.05) is 11.9 Å². The third-order valence-electron chi connectivity index (χ3n) is 6.07. The largest absolute Gasteiger partial charge is 0.454 e. The summed E-state index contributed by atoms with van der Waals surface area (Å²) in [5.74, 6) is 0.674. The number of ether oxygens (including phenoxy) is 3. The number of amides is 1. The number of hydrogen-bond acceptors (Lipinski definition) is 6. The molecule has 7 nitrogen and oxygen atoms in total. The predicted octanol–water partition coefficient (Wildman–Crippen LogP) is 4.52. The lowest BCUT2D eigenvalue weighted by molar-refractivity contribution is -0.124. The Labute approximate surface area is 197 Å². The van der Waals surface area contributed by atoms with Gasteiger partial charge in [0.2, 0.25) is 6.79 Å². The molecule has 0 radical (unpaired) electrons. The predicted molar refractivity (Wildman–Crippen MR) is 129 cm³/mol. The molecule has 1 amide bonds. The van der Waals surface area contributed by atoms with Crippen LogP contribution in [0, 0.1) is 0 Å². The summed E-state index contributed by atoms with van der Waals surface area (Å²) in [6.45, 7) is 2.56. The molecule has 7 heteroatoms. The van der Waals surface area contributed by atoms with Crippen LogP contribution in [0.1, 0.15) is 53.4 Å². The first-order chi connectivity index (χ1) is 16.6. The first-order valence-electron chi connectivity index (χ1n) is 11.6. The average molecular weight is 459 g/mol. The van der Waals surface area contributed by atoms with Gasteiger partial charge >= 0.3 is 5.97 Å². The number of fused-ring (bicyclic) bond motifs is 3.